The van der Waals surface area contributed by atoms with E-state index >= 15 is 0 Å². The van der Waals surface area contributed by atoms with Gasteiger partial charge in [0.2, 0.25) is 0 Å². The minimum atomic E-state index is 1.04. The van der Waals surface area contributed by atoms with Crippen molar-refractivity contribution in [2.24, 2.45) is 0 Å². The Morgan fingerprint density at radius 1 is 0.312 bits per heavy atom. The number of anilines is 3. The summed E-state index contributed by atoms with van der Waals surface area (Å²) >= 11 is 0. The third-order valence-electron chi connectivity index (χ3n) is 12.7. The van der Waals surface area contributed by atoms with Crippen LogP contribution in [0.4, 0.5) is 17.1 Å². The van der Waals surface area contributed by atoms with Crippen molar-refractivity contribution in [1.82, 2.24) is 4.57 Å². The van der Waals surface area contributed by atoms with E-state index in [4.69, 9.17) is 0 Å². The molecular formula is C62H40N2. The zero-order valence-corrected chi connectivity index (χ0v) is 35.0. The molecule has 0 fully saturated rings. The topological polar surface area (TPSA) is 8.17 Å². The van der Waals surface area contributed by atoms with Crippen LogP contribution in [-0.2, 0) is 0 Å². The van der Waals surface area contributed by atoms with Crippen molar-refractivity contribution >= 4 is 60.4 Å². The van der Waals surface area contributed by atoms with Crippen LogP contribution in [0.3, 0.4) is 0 Å². The molecule has 0 spiro atoms. The Morgan fingerprint density at radius 2 is 0.797 bits per heavy atom. The van der Waals surface area contributed by atoms with Gasteiger partial charge in [0.05, 0.1) is 16.7 Å². The number of nitrogens with zero attached hydrogens (tertiary/aromatic N) is 2. The smallest absolute Gasteiger partial charge is 0.0547 e. The van der Waals surface area contributed by atoms with Crippen LogP contribution in [0.25, 0.3) is 93.5 Å². The molecule has 0 saturated heterocycles. The molecule has 0 aliphatic rings. The third kappa shape index (κ3) is 6.39. The SMILES string of the molecule is c1ccc2c(-n3c4ccccc4c4ccccc43)ccc(-c3ccc(N(c4ccc(-c5ccc(-c6ccccc6)c6ccccc56)cc4)c4cccc(-c5ccccc5)c4)cc3)c2c#1. The molecule has 0 unspecified atom stereocenters. The molecule has 0 aliphatic heterocycles. The Hall–Kier alpha value is -8.64. The van der Waals surface area contributed by atoms with Crippen molar-refractivity contribution in [3.8, 4) is 50.2 Å². The van der Waals surface area contributed by atoms with E-state index in [0.717, 1.165) is 44.6 Å². The Labute approximate surface area is 373 Å². The number of para-hydroxylation sites is 2. The fraction of sp³-hybridized carbons (Fsp3) is 0. The van der Waals surface area contributed by atoms with Crippen LogP contribution in [0.1, 0.15) is 0 Å². The number of benzene rings is 10. The standard InChI is InChI=1S/C62H40N2/c1-3-16-43(17-4-1)47-20-15-21-50(42-47)63(48-34-30-45(31-35-48)52-39-38-51(44-18-5-2-6-19-44)54-22-7-8-23-55(52)54)49-36-32-46(33-37-49)53-40-41-62(57-25-10-9-24-56(53)57)64-60-28-13-11-26-58(60)59-27-12-14-29-61(59)64/h1-8,10-23,25-42H. The minimum Gasteiger partial charge on any atom is -0.310 e. The van der Waals surface area contributed by atoms with Gasteiger partial charge in [-0.2, -0.15) is 0 Å². The quantitative estimate of drug-likeness (QED) is 0.148. The van der Waals surface area contributed by atoms with Gasteiger partial charge in [0, 0.05) is 38.6 Å². The summed E-state index contributed by atoms with van der Waals surface area (Å²) in [4.78, 5) is 2.36. The highest BCUT2D eigenvalue weighted by molar-refractivity contribution is 6.11. The van der Waals surface area contributed by atoms with Gasteiger partial charge in [0.1, 0.15) is 0 Å². The monoisotopic (exact) mass is 812 g/mol. The van der Waals surface area contributed by atoms with Crippen molar-refractivity contribution < 1.29 is 0 Å². The molecule has 2 heteroatoms. The first-order valence-corrected chi connectivity index (χ1v) is 21.8. The van der Waals surface area contributed by atoms with Gasteiger partial charge in [0.25, 0.3) is 0 Å². The van der Waals surface area contributed by atoms with Crippen molar-refractivity contribution in [2.45, 2.75) is 0 Å². The molecule has 298 valence electrons. The highest BCUT2D eigenvalue weighted by atomic mass is 15.1. The maximum absolute atomic E-state index is 3.52. The lowest BCUT2D eigenvalue weighted by atomic mass is 9.92. The second-order valence-corrected chi connectivity index (χ2v) is 16.3. The number of fused-ring (bicyclic) bond motifs is 5. The van der Waals surface area contributed by atoms with Crippen LogP contribution in [0.15, 0.2) is 243 Å². The zero-order chi connectivity index (χ0) is 42.4. The third-order valence-corrected chi connectivity index (χ3v) is 12.7. The fourth-order valence-corrected chi connectivity index (χ4v) is 9.67. The first kappa shape index (κ1) is 37.1. The van der Waals surface area contributed by atoms with E-state index in [1.54, 1.807) is 0 Å². The second kappa shape index (κ2) is 15.7. The first-order chi connectivity index (χ1) is 31.8. The van der Waals surface area contributed by atoms with Gasteiger partial charge in [-0.15, -0.1) is 0 Å². The maximum atomic E-state index is 3.52. The molecule has 11 aromatic carbocycles. The Morgan fingerprint density at radius 3 is 1.41 bits per heavy atom. The summed E-state index contributed by atoms with van der Waals surface area (Å²) < 4.78 is 2.39. The molecule has 0 bridgehead atoms. The van der Waals surface area contributed by atoms with Crippen LogP contribution in [-0.4, -0.2) is 4.57 Å². The average Bonchev–Trinajstić information content (AvgIpc) is 3.71. The summed E-state index contributed by atoms with van der Waals surface area (Å²) in [5.41, 5.74) is 16.2. The van der Waals surface area contributed by atoms with Gasteiger partial charge in [0.15, 0.2) is 0 Å². The predicted octanol–water partition coefficient (Wildman–Crippen LogP) is 16.8. The van der Waals surface area contributed by atoms with Crippen LogP contribution < -0.4 is 4.90 Å². The number of rotatable bonds is 8. The lowest BCUT2D eigenvalue weighted by Crippen LogP contribution is -2.10. The molecule has 64 heavy (non-hydrogen) atoms. The zero-order valence-electron chi connectivity index (χ0n) is 35.0. The summed E-state index contributed by atoms with van der Waals surface area (Å²) in [6.07, 6.45) is 0. The molecule has 0 saturated carbocycles. The lowest BCUT2D eigenvalue weighted by molar-refractivity contribution is 1.20. The van der Waals surface area contributed by atoms with Gasteiger partial charge >= 0.3 is 0 Å². The van der Waals surface area contributed by atoms with E-state index in [-0.39, 0.29) is 0 Å². The largest absolute Gasteiger partial charge is 0.310 e. The van der Waals surface area contributed by atoms with Gasteiger partial charge in [-0.05, 0) is 122 Å². The molecule has 12 rings (SSSR count). The van der Waals surface area contributed by atoms with E-state index in [2.05, 4.69) is 258 Å². The molecular weight excluding hydrogens is 773 g/mol. The highest BCUT2D eigenvalue weighted by Gasteiger charge is 2.18. The molecule has 2 nitrogen and oxygen atoms in total. The van der Waals surface area contributed by atoms with Gasteiger partial charge in [-0.3, -0.25) is 0 Å². The molecule has 0 atom stereocenters. The van der Waals surface area contributed by atoms with Crippen LogP contribution in [0.2, 0.25) is 0 Å². The molecule has 0 amide bonds. The normalized spacial score (nSPS) is 11.3. The number of aromatic nitrogens is 1. The molecule has 0 N–H and O–H groups in total. The first-order valence-electron chi connectivity index (χ1n) is 21.8. The van der Waals surface area contributed by atoms with Crippen molar-refractivity contribution in [2.75, 3.05) is 4.90 Å². The fourth-order valence-electron chi connectivity index (χ4n) is 9.67. The van der Waals surface area contributed by atoms with E-state index in [0.29, 0.717) is 0 Å². The molecule has 0 radical (unpaired) electrons. The summed E-state index contributed by atoms with van der Waals surface area (Å²) in [6.45, 7) is 0. The summed E-state index contributed by atoms with van der Waals surface area (Å²) in [5, 5.41) is 7.16. The predicted molar refractivity (Wildman–Crippen MR) is 270 cm³/mol. The molecule has 0 aliphatic carbocycles. The van der Waals surface area contributed by atoms with Gasteiger partial charge < -0.3 is 9.47 Å². The summed E-state index contributed by atoms with van der Waals surface area (Å²) in [7, 11) is 0. The van der Waals surface area contributed by atoms with Gasteiger partial charge in [-0.1, -0.05) is 188 Å². The van der Waals surface area contributed by atoms with E-state index in [1.807, 2.05) is 6.07 Å². The van der Waals surface area contributed by atoms with E-state index in [1.165, 1.54) is 66.0 Å². The number of hydrogen-bond donors (Lipinski definition) is 0. The molecule has 1 heterocycles. The minimum absolute atomic E-state index is 1.04. The van der Waals surface area contributed by atoms with Crippen molar-refractivity contribution in [3.05, 3.63) is 255 Å². The average molecular weight is 813 g/mol. The molecule has 1 aromatic heterocycles. The lowest BCUT2D eigenvalue weighted by Gasteiger charge is -2.26. The maximum Gasteiger partial charge on any atom is 0.0547 e. The van der Waals surface area contributed by atoms with Crippen LogP contribution in [0.5, 0.6) is 0 Å². The van der Waals surface area contributed by atoms with Crippen LogP contribution in [0, 0.1) is 12.1 Å². The summed E-state index contributed by atoms with van der Waals surface area (Å²) in [6, 6.07) is 94.2. The van der Waals surface area contributed by atoms with E-state index < -0.39 is 0 Å². The summed E-state index contributed by atoms with van der Waals surface area (Å²) in [5.74, 6) is 0. The Bertz CT molecular complexity index is 3590. The van der Waals surface area contributed by atoms with E-state index in [9.17, 15) is 0 Å². The highest BCUT2D eigenvalue weighted by Crippen LogP contribution is 2.42. The van der Waals surface area contributed by atoms with Crippen molar-refractivity contribution in [1.29, 1.82) is 0 Å². The van der Waals surface area contributed by atoms with Crippen LogP contribution >= 0.6 is 0 Å². The Kier molecular flexibility index (Phi) is 9.10. The second-order valence-electron chi connectivity index (χ2n) is 16.3. The van der Waals surface area contributed by atoms with Crippen molar-refractivity contribution in [3.63, 3.8) is 0 Å². The van der Waals surface area contributed by atoms with Gasteiger partial charge in [-0.25, -0.2) is 0 Å². The Balaban J connectivity index is 0.949. The molecule has 12 aromatic rings. The number of hydrogen-bond acceptors (Lipinski definition) is 1.